The van der Waals surface area contributed by atoms with Crippen LogP contribution in [0.5, 0.6) is 5.88 Å². The van der Waals surface area contributed by atoms with Crippen molar-refractivity contribution in [3.05, 3.63) is 45.7 Å². The minimum atomic E-state index is -4.59. The zero-order valence-electron chi connectivity index (χ0n) is 12.3. The Balaban J connectivity index is 2.06. The van der Waals surface area contributed by atoms with Gasteiger partial charge in [-0.15, -0.1) is 0 Å². The molecule has 2 rings (SSSR count). The molecule has 0 radical (unpaired) electrons. The molecule has 0 aliphatic heterocycles. The summed E-state index contributed by atoms with van der Waals surface area (Å²) < 4.78 is 38.5. The number of amides is 1. The number of nitrogens with one attached hydrogen (secondary N) is 2. The number of aromatic amines is 1. The lowest BCUT2D eigenvalue weighted by Gasteiger charge is -2.13. The maximum Gasteiger partial charge on any atom is 0.418 e. The van der Waals surface area contributed by atoms with Gasteiger partial charge in [-0.25, -0.2) is 0 Å². The SMILES string of the molecule is Cc1c(O)nc(SCC(=O)Nc2ccccc2C(F)(F)F)[nH]c1=O. The fourth-order valence-electron chi connectivity index (χ4n) is 1.73. The largest absolute Gasteiger partial charge is 0.493 e. The zero-order chi connectivity index (χ0) is 17.9. The summed E-state index contributed by atoms with van der Waals surface area (Å²) in [6.45, 7) is 1.37. The van der Waals surface area contributed by atoms with Gasteiger partial charge in [0, 0.05) is 0 Å². The molecule has 1 amide bonds. The van der Waals surface area contributed by atoms with Gasteiger partial charge >= 0.3 is 6.18 Å². The van der Waals surface area contributed by atoms with Crippen molar-refractivity contribution in [2.45, 2.75) is 18.3 Å². The Morgan fingerprint density at radius 1 is 1.38 bits per heavy atom. The minimum Gasteiger partial charge on any atom is -0.493 e. The maximum atomic E-state index is 12.8. The number of hydrogen-bond acceptors (Lipinski definition) is 5. The molecule has 0 fully saturated rings. The summed E-state index contributed by atoms with van der Waals surface area (Å²) in [6.07, 6.45) is -4.59. The number of carbonyl (C=O) groups excluding carboxylic acids is 1. The summed E-state index contributed by atoms with van der Waals surface area (Å²) in [5.74, 6) is -1.47. The van der Waals surface area contributed by atoms with Crippen molar-refractivity contribution in [1.82, 2.24) is 9.97 Å². The average Bonchev–Trinajstić information content (AvgIpc) is 2.50. The Morgan fingerprint density at radius 3 is 2.67 bits per heavy atom. The number of nitrogens with zero attached hydrogens (tertiary/aromatic N) is 1. The summed E-state index contributed by atoms with van der Waals surface area (Å²) in [5.41, 5.74) is -1.85. The minimum absolute atomic E-state index is 0.0117. The number of anilines is 1. The normalized spacial score (nSPS) is 11.3. The molecule has 24 heavy (non-hydrogen) atoms. The maximum absolute atomic E-state index is 12.8. The standard InChI is InChI=1S/C14H12F3N3O3S/c1-7-11(22)19-13(20-12(7)23)24-6-10(21)18-9-5-3-2-4-8(9)14(15,16)17/h2-5H,6H2,1H3,(H,18,21)(H2,19,20,22,23). The van der Waals surface area contributed by atoms with Crippen molar-refractivity contribution >= 4 is 23.4 Å². The highest BCUT2D eigenvalue weighted by molar-refractivity contribution is 7.99. The molecule has 0 aliphatic rings. The van der Waals surface area contributed by atoms with Crippen LogP contribution in [0.2, 0.25) is 0 Å². The first-order valence-corrected chi connectivity index (χ1v) is 7.56. The number of benzene rings is 1. The van der Waals surface area contributed by atoms with Gasteiger partial charge in [-0.3, -0.25) is 9.59 Å². The molecular weight excluding hydrogens is 347 g/mol. The Hall–Kier alpha value is -2.49. The van der Waals surface area contributed by atoms with Gasteiger partial charge in [0.25, 0.3) is 5.56 Å². The third-order valence-electron chi connectivity index (χ3n) is 2.95. The van der Waals surface area contributed by atoms with Crippen LogP contribution in [-0.4, -0.2) is 26.7 Å². The van der Waals surface area contributed by atoms with E-state index >= 15 is 0 Å². The second-order valence-corrected chi connectivity index (χ2v) is 5.66. The lowest BCUT2D eigenvalue weighted by molar-refractivity contribution is -0.137. The van der Waals surface area contributed by atoms with E-state index in [2.05, 4.69) is 15.3 Å². The van der Waals surface area contributed by atoms with Gasteiger partial charge in [-0.05, 0) is 19.1 Å². The van der Waals surface area contributed by atoms with Gasteiger partial charge < -0.3 is 15.4 Å². The molecule has 0 saturated carbocycles. The molecule has 0 atom stereocenters. The van der Waals surface area contributed by atoms with Crippen LogP contribution in [0.25, 0.3) is 0 Å². The molecule has 0 unspecified atom stereocenters. The highest BCUT2D eigenvalue weighted by atomic mass is 32.2. The molecule has 6 nitrogen and oxygen atoms in total. The Kier molecular flexibility index (Phi) is 5.17. The van der Waals surface area contributed by atoms with Crippen LogP contribution in [0, 0.1) is 6.92 Å². The van der Waals surface area contributed by atoms with Crippen LogP contribution in [0.4, 0.5) is 18.9 Å². The molecule has 1 aromatic heterocycles. The number of alkyl halides is 3. The summed E-state index contributed by atoms with van der Waals surface area (Å²) in [5, 5.41) is 11.6. The molecule has 128 valence electrons. The van der Waals surface area contributed by atoms with E-state index < -0.39 is 29.1 Å². The van der Waals surface area contributed by atoms with E-state index in [4.69, 9.17) is 0 Å². The predicted octanol–water partition coefficient (Wildman–Crippen LogP) is 2.53. The van der Waals surface area contributed by atoms with E-state index in [-0.39, 0.29) is 22.2 Å². The van der Waals surface area contributed by atoms with Gasteiger partial charge in [0.1, 0.15) is 0 Å². The summed E-state index contributed by atoms with van der Waals surface area (Å²) in [6, 6.07) is 4.59. The highest BCUT2D eigenvalue weighted by Crippen LogP contribution is 2.34. The Labute approximate surface area is 138 Å². The van der Waals surface area contributed by atoms with E-state index in [1.165, 1.54) is 19.1 Å². The van der Waals surface area contributed by atoms with Crippen molar-refractivity contribution in [1.29, 1.82) is 0 Å². The lowest BCUT2D eigenvalue weighted by Crippen LogP contribution is -2.19. The molecule has 0 aliphatic carbocycles. The Bertz CT molecular complexity index is 821. The first-order valence-electron chi connectivity index (χ1n) is 6.57. The predicted molar refractivity (Wildman–Crippen MR) is 82.1 cm³/mol. The number of hydrogen-bond donors (Lipinski definition) is 3. The van der Waals surface area contributed by atoms with Gasteiger partial charge in [0.05, 0.1) is 22.6 Å². The molecule has 0 saturated heterocycles. The van der Waals surface area contributed by atoms with Gasteiger partial charge in [0.15, 0.2) is 5.16 Å². The van der Waals surface area contributed by atoms with Gasteiger partial charge in [-0.1, -0.05) is 23.9 Å². The quantitative estimate of drug-likeness (QED) is 0.576. The number of aromatic hydroxyl groups is 1. The van der Waals surface area contributed by atoms with Crippen LogP contribution in [0.15, 0.2) is 34.2 Å². The van der Waals surface area contributed by atoms with Crippen molar-refractivity contribution in [2.24, 2.45) is 0 Å². The van der Waals surface area contributed by atoms with E-state index in [0.29, 0.717) is 0 Å². The fraction of sp³-hybridized carbons (Fsp3) is 0.214. The second kappa shape index (κ2) is 6.95. The number of aromatic nitrogens is 2. The van der Waals surface area contributed by atoms with Crippen LogP contribution < -0.4 is 10.9 Å². The van der Waals surface area contributed by atoms with E-state index in [1.807, 2.05) is 0 Å². The summed E-state index contributed by atoms with van der Waals surface area (Å²) in [7, 11) is 0. The summed E-state index contributed by atoms with van der Waals surface area (Å²) >= 11 is 0.778. The van der Waals surface area contributed by atoms with E-state index in [1.54, 1.807) is 0 Å². The third kappa shape index (κ3) is 4.28. The monoisotopic (exact) mass is 359 g/mol. The van der Waals surface area contributed by atoms with E-state index in [0.717, 1.165) is 23.9 Å². The van der Waals surface area contributed by atoms with Crippen LogP contribution in [0.3, 0.4) is 0 Å². The van der Waals surface area contributed by atoms with Crippen molar-refractivity contribution < 1.29 is 23.1 Å². The smallest absolute Gasteiger partial charge is 0.418 e. The van der Waals surface area contributed by atoms with Crippen LogP contribution in [-0.2, 0) is 11.0 Å². The number of thioether (sulfide) groups is 1. The number of halogens is 3. The van der Waals surface area contributed by atoms with E-state index in [9.17, 15) is 27.9 Å². The fourth-order valence-corrected chi connectivity index (χ4v) is 2.38. The molecule has 2 aromatic rings. The average molecular weight is 359 g/mol. The van der Waals surface area contributed by atoms with Gasteiger partial charge in [-0.2, -0.15) is 18.2 Å². The molecule has 0 bridgehead atoms. The number of para-hydroxylation sites is 1. The zero-order valence-corrected chi connectivity index (χ0v) is 13.1. The lowest BCUT2D eigenvalue weighted by atomic mass is 10.1. The highest BCUT2D eigenvalue weighted by Gasteiger charge is 2.33. The molecule has 1 aromatic carbocycles. The van der Waals surface area contributed by atoms with Gasteiger partial charge in [0.2, 0.25) is 11.8 Å². The molecule has 10 heteroatoms. The van der Waals surface area contributed by atoms with Crippen molar-refractivity contribution in [3.8, 4) is 5.88 Å². The molecular formula is C14H12F3N3O3S. The third-order valence-corrected chi connectivity index (χ3v) is 3.82. The first-order chi connectivity index (χ1) is 11.2. The number of rotatable bonds is 4. The molecule has 1 heterocycles. The number of carbonyl (C=O) groups is 1. The molecule has 3 N–H and O–H groups in total. The number of H-pyrrole nitrogens is 1. The second-order valence-electron chi connectivity index (χ2n) is 4.70. The van der Waals surface area contributed by atoms with Crippen molar-refractivity contribution in [2.75, 3.05) is 11.1 Å². The van der Waals surface area contributed by atoms with Crippen LogP contribution in [0.1, 0.15) is 11.1 Å². The van der Waals surface area contributed by atoms with Crippen molar-refractivity contribution in [3.63, 3.8) is 0 Å². The van der Waals surface area contributed by atoms with Crippen LogP contribution >= 0.6 is 11.8 Å². The topological polar surface area (TPSA) is 95.1 Å². The first kappa shape index (κ1) is 17.9. The Morgan fingerprint density at radius 2 is 2.04 bits per heavy atom. The molecule has 0 spiro atoms. The summed E-state index contributed by atoms with van der Waals surface area (Å²) in [4.78, 5) is 29.3.